The van der Waals surface area contributed by atoms with Crippen LogP contribution >= 0.6 is 0 Å². The zero-order valence-electron chi connectivity index (χ0n) is 15.4. The molecule has 0 atom stereocenters. The van der Waals surface area contributed by atoms with E-state index in [0.717, 1.165) is 33.7 Å². The third kappa shape index (κ3) is 3.46. The SMILES string of the molecule is Cc1cc(C)c2c(-n3cccc3)nn(CC(=O)NCc3ccccc3)c2n1. The highest BCUT2D eigenvalue weighted by molar-refractivity contribution is 5.88. The first-order chi connectivity index (χ1) is 13.1. The summed E-state index contributed by atoms with van der Waals surface area (Å²) in [5.41, 5.74) is 3.79. The van der Waals surface area contributed by atoms with Crippen LogP contribution in [0.25, 0.3) is 16.9 Å². The Morgan fingerprint density at radius 3 is 2.56 bits per heavy atom. The molecule has 1 aromatic carbocycles. The number of nitrogens with one attached hydrogen (secondary N) is 1. The van der Waals surface area contributed by atoms with Crippen molar-refractivity contribution >= 4 is 16.9 Å². The molecule has 0 fully saturated rings. The predicted octanol–water partition coefficient (Wildman–Crippen LogP) is 3.16. The minimum absolute atomic E-state index is 0.0942. The molecule has 6 heteroatoms. The van der Waals surface area contributed by atoms with Crippen molar-refractivity contribution in [2.45, 2.75) is 26.9 Å². The quantitative estimate of drug-likeness (QED) is 0.595. The number of benzene rings is 1. The molecule has 4 rings (SSSR count). The number of aryl methyl sites for hydroxylation is 2. The molecule has 4 aromatic rings. The Kier molecular flexibility index (Phi) is 4.46. The van der Waals surface area contributed by atoms with Crippen LogP contribution in [0.1, 0.15) is 16.8 Å². The number of fused-ring (bicyclic) bond motifs is 1. The van der Waals surface area contributed by atoms with Crippen LogP contribution in [0.3, 0.4) is 0 Å². The maximum absolute atomic E-state index is 12.5. The Hall–Kier alpha value is -3.41. The number of hydrogen-bond donors (Lipinski definition) is 1. The van der Waals surface area contributed by atoms with E-state index in [9.17, 15) is 4.79 Å². The number of hydrogen-bond acceptors (Lipinski definition) is 3. The summed E-state index contributed by atoms with van der Waals surface area (Å²) in [5, 5.41) is 8.60. The highest BCUT2D eigenvalue weighted by Gasteiger charge is 2.17. The molecule has 3 heterocycles. The van der Waals surface area contributed by atoms with Gasteiger partial charge in [-0.3, -0.25) is 4.79 Å². The van der Waals surface area contributed by atoms with Gasteiger partial charge in [-0.15, -0.1) is 0 Å². The number of pyridine rings is 1. The maximum atomic E-state index is 12.5. The van der Waals surface area contributed by atoms with E-state index in [1.54, 1.807) is 4.68 Å². The van der Waals surface area contributed by atoms with Gasteiger partial charge in [-0.1, -0.05) is 30.3 Å². The number of nitrogens with zero attached hydrogens (tertiary/aromatic N) is 4. The first kappa shape index (κ1) is 17.0. The summed E-state index contributed by atoms with van der Waals surface area (Å²) in [6, 6.07) is 15.8. The highest BCUT2D eigenvalue weighted by atomic mass is 16.2. The van der Waals surface area contributed by atoms with Crippen molar-refractivity contribution in [1.29, 1.82) is 0 Å². The third-order valence-corrected chi connectivity index (χ3v) is 4.48. The molecule has 0 bridgehead atoms. The summed E-state index contributed by atoms with van der Waals surface area (Å²) in [7, 11) is 0. The molecule has 0 aliphatic rings. The second-order valence-electron chi connectivity index (χ2n) is 6.61. The van der Waals surface area contributed by atoms with Gasteiger partial charge in [0.05, 0.1) is 5.39 Å². The lowest BCUT2D eigenvalue weighted by Crippen LogP contribution is -2.27. The Morgan fingerprint density at radius 2 is 1.81 bits per heavy atom. The number of carbonyl (C=O) groups excluding carboxylic acids is 1. The van der Waals surface area contributed by atoms with Crippen molar-refractivity contribution in [3.8, 4) is 5.82 Å². The van der Waals surface area contributed by atoms with Crippen molar-refractivity contribution < 1.29 is 4.79 Å². The van der Waals surface area contributed by atoms with Gasteiger partial charge in [0, 0.05) is 24.6 Å². The van der Waals surface area contributed by atoms with Crippen LogP contribution in [-0.2, 0) is 17.9 Å². The molecular formula is C21H21N5O. The second kappa shape index (κ2) is 7.07. The van der Waals surface area contributed by atoms with Gasteiger partial charge in [0.1, 0.15) is 6.54 Å². The van der Waals surface area contributed by atoms with Gasteiger partial charge in [-0.2, -0.15) is 5.10 Å². The molecule has 0 saturated carbocycles. The lowest BCUT2D eigenvalue weighted by atomic mass is 10.2. The number of carbonyl (C=O) groups is 1. The van der Waals surface area contributed by atoms with Crippen LogP contribution in [0.5, 0.6) is 0 Å². The Bertz CT molecular complexity index is 1080. The molecular weight excluding hydrogens is 338 g/mol. The predicted molar refractivity (Wildman–Crippen MR) is 105 cm³/mol. The van der Waals surface area contributed by atoms with E-state index < -0.39 is 0 Å². The lowest BCUT2D eigenvalue weighted by molar-refractivity contribution is -0.121. The molecule has 1 amide bonds. The van der Waals surface area contributed by atoms with Crippen LogP contribution in [0.15, 0.2) is 60.9 Å². The average Bonchev–Trinajstić information content (AvgIpc) is 3.29. The molecule has 0 aliphatic heterocycles. The molecule has 6 nitrogen and oxygen atoms in total. The number of amides is 1. The van der Waals surface area contributed by atoms with E-state index in [0.29, 0.717) is 6.54 Å². The van der Waals surface area contributed by atoms with Gasteiger partial charge in [-0.05, 0) is 43.2 Å². The first-order valence-electron chi connectivity index (χ1n) is 8.90. The minimum Gasteiger partial charge on any atom is -0.350 e. The highest BCUT2D eigenvalue weighted by Crippen LogP contribution is 2.25. The van der Waals surface area contributed by atoms with Crippen molar-refractivity contribution in [2.75, 3.05) is 0 Å². The van der Waals surface area contributed by atoms with Crippen LogP contribution < -0.4 is 5.32 Å². The molecule has 27 heavy (non-hydrogen) atoms. The smallest absolute Gasteiger partial charge is 0.242 e. The van der Waals surface area contributed by atoms with Gasteiger partial charge in [0.25, 0.3) is 0 Å². The molecule has 0 spiro atoms. The summed E-state index contributed by atoms with van der Waals surface area (Å²) in [4.78, 5) is 17.1. The average molecular weight is 359 g/mol. The standard InChI is InChI=1S/C21H21N5O/c1-15-12-16(2)23-20-19(15)21(25-10-6-7-11-25)24-26(20)14-18(27)22-13-17-8-4-3-5-9-17/h3-12H,13-14H2,1-2H3,(H,22,27). The van der Waals surface area contributed by atoms with Crippen molar-refractivity contribution in [2.24, 2.45) is 0 Å². The second-order valence-corrected chi connectivity index (χ2v) is 6.61. The fourth-order valence-electron chi connectivity index (χ4n) is 3.25. The zero-order valence-corrected chi connectivity index (χ0v) is 15.4. The Balaban J connectivity index is 1.64. The molecule has 0 radical (unpaired) electrons. The fraction of sp³-hybridized carbons (Fsp3) is 0.190. The van der Waals surface area contributed by atoms with Gasteiger partial charge >= 0.3 is 0 Å². The van der Waals surface area contributed by atoms with Gasteiger partial charge in [-0.25, -0.2) is 9.67 Å². The number of rotatable bonds is 5. The van der Waals surface area contributed by atoms with E-state index in [1.165, 1.54) is 0 Å². The van der Waals surface area contributed by atoms with Crippen molar-refractivity contribution in [3.63, 3.8) is 0 Å². The zero-order chi connectivity index (χ0) is 18.8. The molecule has 136 valence electrons. The first-order valence-corrected chi connectivity index (χ1v) is 8.90. The van der Waals surface area contributed by atoms with Crippen LogP contribution in [0.4, 0.5) is 0 Å². The monoisotopic (exact) mass is 359 g/mol. The molecule has 0 aliphatic carbocycles. The normalized spacial score (nSPS) is 11.0. The van der Waals surface area contributed by atoms with Crippen LogP contribution in [-0.4, -0.2) is 25.2 Å². The molecule has 0 saturated heterocycles. The summed E-state index contributed by atoms with van der Waals surface area (Å²) < 4.78 is 3.63. The summed E-state index contributed by atoms with van der Waals surface area (Å²) in [5.74, 6) is 0.694. The van der Waals surface area contributed by atoms with E-state index in [1.807, 2.05) is 79.3 Å². The largest absolute Gasteiger partial charge is 0.350 e. The summed E-state index contributed by atoms with van der Waals surface area (Å²) >= 11 is 0. The van der Waals surface area contributed by atoms with Gasteiger partial charge < -0.3 is 9.88 Å². The lowest BCUT2D eigenvalue weighted by Gasteiger charge is -2.06. The van der Waals surface area contributed by atoms with E-state index in [2.05, 4.69) is 15.4 Å². The molecule has 0 unspecified atom stereocenters. The summed E-state index contributed by atoms with van der Waals surface area (Å²) in [6.45, 7) is 4.62. The third-order valence-electron chi connectivity index (χ3n) is 4.48. The van der Waals surface area contributed by atoms with Crippen molar-refractivity contribution in [3.05, 3.63) is 77.7 Å². The van der Waals surface area contributed by atoms with Gasteiger partial charge in [0.15, 0.2) is 11.5 Å². The maximum Gasteiger partial charge on any atom is 0.242 e. The van der Waals surface area contributed by atoms with Gasteiger partial charge in [0.2, 0.25) is 5.91 Å². The van der Waals surface area contributed by atoms with Crippen molar-refractivity contribution in [1.82, 2.24) is 24.6 Å². The summed E-state index contributed by atoms with van der Waals surface area (Å²) in [6.07, 6.45) is 3.89. The molecule has 3 aromatic heterocycles. The fourth-order valence-corrected chi connectivity index (χ4v) is 3.25. The topological polar surface area (TPSA) is 64.7 Å². The van der Waals surface area contributed by atoms with E-state index in [-0.39, 0.29) is 12.5 Å². The molecule has 1 N–H and O–H groups in total. The van der Waals surface area contributed by atoms with Crippen LogP contribution in [0.2, 0.25) is 0 Å². The van der Waals surface area contributed by atoms with Crippen LogP contribution in [0, 0.1) is 13.8 Å². The Labute approximate surface area is 157 Å². The Morgan fingerprint density at radius 1 is 1.07 bits per heavy atom. The van der Waals surface area contributed by atoms with E-state index in [4.69, 9.17) is 0 Å². The number of aromatic nitrogens is 4. The van der Waals surface area contributed by atoms with E-state index >= 15 is 0 Å². The minimum atomic E-state index is -0.0942.